The molecule has 0 heterocycles. The van der Waals surface area contributed by atoms with Gasteiger partial charge in [-0.05, 0) is 55.0 Å². The van der Waals surface area contributed by atoms with Crippen molar-refractivity contribution in [1.29, 1.82) is 0 Å². The summed E-state index contributed by atoms with van der Waals surface area (Å²) in [5, 5.41) is 5.09. The van der Waals surface area contributed by atoms with Gasteiger partial charge in [0.25, 0.3) is 5.91 Å². The summed E-state index contributed by atoms with van der Waals surface area (Å²) in [6.45, 7) is 2.60. The molecule has 0 aliphatic rings. The number of nitrogens with two attached hydrogens (primary N) is 1. The highest BCUT2D eigenvalue weighted by atomic mass is 35.5. The Kier molecular flexibility index (Phi) is 7.76. The summed E-state index contributed by atoms with van der Waals surface area (Å²) in [6, 6.07) is 17.4. The van der Waals surface area contributed by atoms with Crippen LogP contribution in [0.25, 0.3) is 0 Å². The summed E-state index contributed by atoms with van der Waals surface area (Å²) < 4.78 is 11.6. The molecular formula is C23H21Cl2N3O3. The molecular weight excluding hydrogens is 437 g/mol. The minimum atomic E-state index is -0.390. The van der Waals surface area contributed by atoms with Crippen LogP contribution in [0.2, 0.25) is 10.0 Å². The Morgan fingerprint density at radius 2 is 1.87 bits per heavy atom. The highest BCUT2D eigenvalue weighted by Crippen LogP contribution is 2.30. The van der Waals surface area contributed by atoms with Gasteiger partial charge in [-0.15, -0.1) is 0 Å². The van der Waals surface area contributed by atoms with E-state index in [1.165, 1.54) is 6.21 Å². The number of hydrazone groups is 1. The molecule has 0 aliphatic heterocycles. The molecule has 31 heavy (non-hydrogen) atoms. The second-order valence-electron chi connectivity index (χ2n) is 6.45. The fourth-order valence-corrected chi connectivity index (χ4v) is 3.18. The largest absolute Gasteiger partial charge is 0.490 e. The molecule has 0 saturated heterocycles. The van der Waals surface area contributed by atoms with Gasteiger partial charge >= 0.3 is 0 Å². The zero-order chi connectivity index (χ0) is 22.2. The lowest BCUT2D eigenvalue weighted by molar-refractivity contribution is 0.0956. The maximum atomic E-state index is 12.2. The molecule has 0 spiro atoms. The minimum absolute atomic E-state index is 0.262. The van der Waals surface area contributed by atoms with E-state index in [0.717, 1.165) is 11.1 Å². The van der Waals surface area contributed by atoms with Crippen molar-refractivity contribution in [2.75, 3.05) is 12.3 Å². The SMILES string of the molecule is CCOc1cc(/C=N/NC(=O)c2ccccc2N)ccc1OCc1ccc(Cl)cc1Cl. The van der Waals surface area contributed by atoms with Gasteiger partial charge in [-0.25, -0.2) is 5.43 Å². The first-order chi connectivity index (χ1) is 15.0. The van der Waals surface area contributed by atoms with E-state index < -0.39 is 0 Å². The monoisotopic (exact) mass is 457 g/mol. The van der Waals surface area contributed by atoms with Crippen LogP contribution in [-0.4, -0.2) is 18.7 Å². The fraction of sp³-hybridized carbons (Fsp3) is 0.130. The van der Waals surface area contributed by atoms with Crippen LogP contribution in [0, 0.1) is 0 Å². The van der Waals surface area contributed by atoms with Gasteiger partial charge < -0.3 is 15.2 Å². The Morgan fingerprint density at radius 1 is 1.06 bits per heavy atom. The van der Waals surface area contributed by atoms with E-state index >= 15 is 0 Å². The first-order valence-corrected chi connectivity index (χ1v) is 10.2. The smallest absolute Gasteiger partial charge is 0.273 e. The number of ether oxygens (including phenoxy) is 2. The van der Waals surface area contributed by atoms with Crippen LogP contribution in [0.15, 0.2) is 65.8 Å². The second-order valence-corrected chi connectivity index (χ2v) is 7.29. The van der Waals surface area contributed by atoms with Crippen molar-refractivity contribution in [3.63, 3.8) is 0 Å². The molecule has 160 valence electrons. The molecule has 8 heteroatoms. The maximum absolute atomic E-state index is 12.2. The Balaban J connectivity index is 1.68. The van der Waals surface area contributed by atoms with Crippen LogP contribution >= 0.6 is 23.2 Å². The first kappa shape index (κ1) is 22.5. The number of amides is 1. The number of benzene rings is 3. The molecule has 0 unspecified atom stereocenters. The number of hydrogen-bond acceptors (Lipinski definition) is 5. The third-order valence-corrected chi connectivity index (χ3v) is 4.84. The number of rotatable bonds is 8. The normalized spacial score (nSPS) is 10.8. The summed E-state index contributed by atoms with van der Waals surface area (Å²) in [7, 11) is 0. The summed E-state index contributed by atoms with van der Waals surface area (Å²) in [5.74, 6) is 0.723. The van der Waals surface area contributed by atoms with Crippen LogP contribution < -0.4 is 20.6 Å². The van der Waals surface area contributed by atoms with Gasteiger partial charge in [0, 0.05) is 21.3 Å². The molecule has 6 nitrogen and oxygen atoms in total. The van der Waals surface area contributed by atoms with Crippen molar-refractivity contribution in [1.82, 2.24) is 5.43 Å². The predicted octanol–water partition coefficient (Wildman–Crippen LogP) is 5.32. The third-order valence-electron chi connectivity index (χ3n) is 4.25. The van der Waals surface area contributed by atoms with Gasteiger partial charge in [-0.1, -0.05) is 41.4 Å². The van der Waals surface area contributed by atoms with E-state index in [-0.39, 0.29) is 12.5 Å². The fourth-order valence-electron chi connectivity index (χ4n) is 2.72. The van der Waals surface area contributed by atoms with Crippen LogP contribution in [0.4, 0.5) is 5.69 Å². The minimum Gasteiger partial charge on any atom is -0.490 e. The lowest BCUT2D eigenvalue weighted by Crippen LogP contribution is -2.19. The molecule has 3 N–H and O–H groups in total. The summed E-state index contributed by atoms with van der Waals surface area (Å²) in [5.41, 5.74) is 10.5. The lowest BCUT2D eigenvalue weighted by atomic mass is 10.2. The third kappa shape index (κ3) is 6.13. The molecule has 0 aliphatic carbocycles. The standard InChI is InChI=1S/C23H21Cl2N3O3/c1-2-30-22-11-15(13-27-28-23(29)18-5-3-4-6-20(18)26)7-10-21(22)31-14-16-8-9-17(24)12-19(16)25/h3-13H,2,14,26H2,1H3,(H,28,29)/b27-13+. The first-order valence-electron chi connectivity index (χ1n) is 9.49. The van der Waals surface area contributed by atoms with Crippen molar-refractivity contribution in [2.24, 2.45) is 5.10 Å². The van der Waals surface area contributed by atoms with Crippen molar-refractivity contribution >= 4 is 41.0 Å². The highest BCUT2D eigenvalue weighted by molar-refractivity contribution is 6.35. The molecule has 1 amide bonds. The molecule has 3 rings (SSSR count). The molecule has 0 fully saturated rings. The summed E-state index contributed by atoms with van der Waals surface area (Å²) in [4.78, 5) is 12.2. The van der Waals surface area contributed by atoms with E-state index in [1.54, 1.807) is 54.6 Å². The average Bonchev–Trinajstić information content (AvgIpc) is 2.74. The number of halogens is 2. The Bertz CT molecular complexity index is 1100. The molecule has 3 aromatic rings. The molecule has 0 radical (unpaired) electrons. The number of para-hydroxylation sites is 1. The average molecular weight is 458 g/mol. The van der Waals surface area contributed by atoms with Crippen molar-refractivity contribution in [3.05, 3.63) is 87.4 Å². The van der Waals surface area contributed by atoms with Crippen LogP contribution in [0.1, 0.15) is 28.4 Å². The number of anilines is 1. The Morgan fingerprint density at radius 3 is 2.61 bits per heavy atom. The van der Waals surface area contributed by atoms with Gasteiger partial charge in [0.05, 0.1) is 18.4 Å². The molecule has 0 aromatic heterocycles. The second kappa shape index (κ2) is 10.7. The van der Waals surface area contributed by atoms with Gasteiger partial charge in [0.1, 0.15) is 6.61 Å². The zero-order valence-corrected chi connectivity index (χ0v) is 18.3. The quantitative estimate of drug-likeness (QED) is 0.272. The molecule has 0 bridgehead atoms. The molecule has 0 atom stereocenters. The number of hydrogen-bond donors (Lipinski definition) is 2. The van der Waals surface area contributed by atoms with Crippen LogP contribution in [0.3, 0.4) is 0 Å². The van der Waals surface area contributed by atoms with Gasteiger partial charge in [0.2, 0.25) is 0 Å². The highest BCUT2D eigenvalue weighted by Gasteiger charge is 2.09. The van der Waals surface area contributed by atoms with Gasteiger partial charge in [-0.2, -0.15) is 5.10 Å². The lowest BCUT2D eigenvalue weighted by Gasteiger charge is -2.13. The van der Waals surface area contributed by atoms with Crippen molar-refractivity contribution in [3.8, 4) is 11.5 Å². The molecule has 0 saturated carbocycles. The topological polar surface area (TPSA) is 85.9 Å². The van der Waals surface area contributed by atoms with E-state index in [1.807, 2.05) is 13.0 Å². The number of carbonyl (C=O) groups is 1. The van der Waals surface area contributed by atoms with Crippen LogP contribution in [0.5, 0.6) is 11.5 Å². The van der Waals surface area contributed by atoms with Gasteiger partial charge in [0.15, 0.2) is 11.5 Å². The van der Waals surface area contributed by atoms with E-state index in [4.69, 9.17) is 38.4 Å². The van der Waals surface area contributed by atoms with Gasteiger partial charge in [-0.3, -0.25) is 4.79 Å². The summed E-state index contributed by atoms with van der Waals surface area (Å²) in [6.07, 6.45) is 1.51. The van der Waals surface area contributed by atoms with Crippen LogP contribution in [-0.2, 0) is 6.61 Å². The van der Waals surface area contributed by atoms with Crippen molar-refractivity contribution in [2.45, 2.75) is 13.5 Å². The number of nitrogens with zero attached hydrogens (tertiary/aromatic N) is 1. The zero-order valence-electron chi connectivity index (χ0n) is 16.8. The molecule has 3 aromatic carbocycles. The van der Waals surface area contributed by atoms with E-state index in [0.29, 0.717) is 39.4 Å². The predicted molar refractivity (Wildman–Crippen MR) is 124 cm³/mol. The maximum Gasteiger partial charge on any atom is 0.273 e. The van der Waals surface area contributed by atoms with E-state index in [2.05, 4.69) is 10.5 Å². The number of carbonyl (C=O) groups excluding carboxylic acids is 1. The van der Waals surface area contributed by atoms with E-state index in [9.17, 15) is 4.79 Å². The Labute approximate surface area is 190 Å². The summed E-state index contributed by atoms with van der Waals surface area (Å²) >= 11 is 12.1. The number of nitrogens with one attached hydrogen (secondary N) is 1. The Hall–Kier alpha value is -3.22. The number of nitrogen functional groups attached to an aromatic ring is 1. The van der Waals surface area contributed by atoms with Crippen molar-refractivity contribution < 1.29 is 14.3 Å².